The Bertz CT molecular complexity index is 1200. The highest BCUT2D eigenvalue weighted by Crippen LogP contribution is 2.20. The molecule has 0 spiro atoms. The van der Waals surface area contributed by atoms with Crippen LogP contribution in [0.25, 0.3) is 11.2 Å². The summed E-state index contributed by atoms with van der Waals surface area (Å²) in [7, 11) is 0.641. The average molecular weight is 545 g/mol. The fraction of sp³-hybridized carbons (Fsp3) is 0.632. The van der Waals surface area contributed by atoms with Crippen molar-refractivity contribution >= 4 is 53.8 Å². The predicted octanol–water partition coefficient (Wildman–Crippen LogP) is 3.35. The maximum absolute atomic E-state index is 12.6. The van der Waals surface area contributed by atoms with Gasteiger partial charge in [0, 0.05) is 16.7 Å². The molecule has 0 bridgehead atoms. The van der Waals surface area contributed by atoms with Crippen LogP contribution in [0.3, 0.4) is 0 Å². The van der Waals surface area contributed by atoms with Gasteiger partial charge in [-0.15, -0.1) is 0 Å². The number of nitrogens with zero attached hydrogens (tertiary/aromatic N) is 3. The quantitative estimate of drug-likeness (QED) is 0.205. The summed E-state index contributed by atoms with van der Waals surface area (Å²) < 4.78 is 39.3. The molecule has 2 aromatic heterocycles. The lowest BCUT2D eigenvalue weighted by atomic mass is 10.1. The molecule has 0 aromatic carbocycles. The Morgan fingerprint density at radius 3 is 2.29 bits per heavy atom. The van der Waals surface area contributed by atoms with Gasteiger partial charge in [0.15, 0.2) is 21.0 Å². The predicted molar refractivity (Wildman–Crippen MR) is 131 cm³/mol. The number of aromatic nitrogens is 4. The van der Waals surface area contributed by atoms with Crippen molar-refractivity contribution in [3.05, 3.63) is 16.7 Å². The van der Waals surface area contributed by atoms with E-state index in [0.29, 0.717) is 0 Å². The van der Waals surface area contributed by atoms with Crippen LogP contribution in [0.2, 0.25) is 4.24 Å². The van der Waals surface area contributed by atoms with Gasteiger partial charge in [-0.1, -0.05) is 27.7 Å². The number of carbonyl (C=O) groups is 2. The highest BCUT2D eigenvalue weighted by atomic mass is 31.1. The van der Waals surface area contributed by atoms with E-state index in [1.165, 1.54) is 10.9 Å². The molecule has 2 aromatic rings. The Balaban J connectivity index is 2.21. The summed E-state index contributed by atoms with van der Waals surface area (Å²) >= 11 is 0. The van der Waals surface area contributed by atoms with E-state index >= 15 is 0 Å². The molecule has 35 heavy (non-hydrogen) atoms. The van der Waals surface area contributed by atoms with Gasteiger partial charge >= 0.3 is 11.9 Å². The van der Waals surface area contributed by atoms with Gasteiger partial charge in [-0.2, -0.15) is 0 Å². The van der Waals surface area contributed by atoms with E-state index < -0.39 is 34.9 Å². The van der Waals surface area contributed by atoms with Crippen LogP contribution >= 0.6 is 25.1 Å². The van der Waals surface area contributed by atoms with Crippen LogP contribution in [-0.2, 0) is 30.5 Å². The first-order valence-electron chi connectivity index (χ1n) is 11.9. The van der Waals surface area contributed by atoms with Gasteiger partial charge in [0.05, 0.1) is 14.7 Å². The van der Waals surface area contributed by atoms with Gasteiger partial charge in [0.2, 0.25) is 0 Å². The molecule has 2 heterocycles. The third-order valence-electron chi connectivity index (χ3n) is 4.82. The third kappa shape index (κ3) is 7.77. The van der Waals surface area contributed by atoms with Crippen molar-refractivity contribution in [3.8, 4) is 0 Å². The van der Waals surface area contributed by atoms with E-state index in [0.717, 1.165) is 0 Å². The molecule has 0 aliphatic rings. The van der Waals surface area contributed by atoms with E-state index in [1.54, 1.807) is 0 Å². The summed E-state index contributed by atoms with van der Waals surface area (Å²) in [6, 6.07) is 0. The SMILES string of the molecule is [1H]N=Pc1nc2c(ncn2COC(COC(=O)[C@@H](P=N[2H])C(C)C)COC(=O)[C@@H](P=N[2H])C(C)C)c(=O)[nH]1. The summed E-state index contributed by atoms with van der Waals surface area (Å²) in [6.45, 7) is 6.52. The van der Waals surface area contributed by atoms with Crippen LogP contribution in [-0.4, -0.2) is 62.1 Å². The number of imidazole rings is 1. The van der Waals surface area contributed by atoms with E-state index in [4.69, 9.17) is 18.4 Å². The first-order valence-corrected chi connectivity index (χ1v) is 13.2. The van der Waals surface area contributed by atoms with Gasteiger partial charge in [0.25, 0.3) is 5.56 Å². The molecule has 0 unspecified atom stereocenters. The molecule has 0 aliphatic carbocycles. The van der Waals surface area contributed by atoms with E-state index in [-0.39, 0.29) is 73.6 Å². The summed E-state index contributed by atoms with van der Waals surface area (Å²) in [4.78, 5) is 48.2. The molecule has 0 aliphatic heterocycles. The Labute approximate surface area is 210 Å². The van der Waals surface area contributed by atoms with E-state index in [9.17, 15) is 14.4 Å². The lowest BCUT2D eigenvalue weighted by Gasteiger charge is -2.21. The Morgan fingerprint density at radius 1 is 1.17 bits per heavy atom. The number of fused-ring (bicyclic) bond motifs is 1. The number of carbonyl (C=O) groups excluding carboxylic acids is 2. The first-order chi connectivity index (χ1) is 18.1. The zero-order valence-corrected chi connectivity index (χ0v) is 22.2. The number of H-pyrrole nitrogens is 1. The van der Waals surface area contributed by atoms with Crippen molar-refractivity contribution in [2.75, 3.05) is 13.2 Å². The number of nitrogens with one attached hydrogen (secondary N) is 4. The molecule has 0 radical (unpaired) electrons. The minimum atomic E-state index is -0.905. The number of hydrogen-bond donors (Lipinski definition) is 4. The summed E-state index contributed by atoms with van der Waals surface area (Å²) in [5, 5.41) is 9.75. The zero-order chi connectivity index (χ0) is 28.2. The van der Waals surface area contributed by atoms with E-state index in [2.05, 4.69) is 30.4 Å². The van der Waals surface area contributed by atoms with Gasteiger partial charge < -0.3 is 14.2 Å². The standard InChI is InChI=1S/C19H28N7O6P3/c1-9(2)13(33-20)17(28)30-5-11(6-31-18(29)14(34-21)10(3)4)32-8-26-7-23-12-15(26)24-19(35-22)25-16(12)27/h7,9-11,13-14,20-22H,5-6,8H2,1-4H3,(H,24,25,27)/t13-,14-/m0/s1/i/hD2H. The highest BCUT2D eigenvalue weighted by molar-refractivity contribution is 7.34. The maximum Gasteiger partial charge on any atom is 0.319 e. The maximum atomic E-state index is 12.6. The molecule has 4 N–H and O–H groups in total. The minimum Gasteiger partial charge on any atom is -0.462 e. The number of aromatic amines is 1. The van der Waals surface area contributed by atoms with Crippen molar-refractivity contribution in [1.82, 2.24) is 19.5 Å². The second kappa shape index (κ2) is 13.6. The summed E-state index contributed by atoms with van der Waals surface area (Å²) in [5.74, 6) is -1.40. The Hall–Kier alpha value is -2.45. The molecular formula is C19H28N7O6P3. The molecule has 0 fully saturated rings. The number of hydrogen-bond acceptors (Lipinski definition) is 11. The average Bonchev–Trinajstić information content (AvgIpc) is 3.28. The number of rotatable bonds is 14. The van der Waals surface area contributed by atoms with Gasteiger partial charge in [-0.3, -0.25) is 39.4 Å². The number of ether oxygens (including phenoxy) is 3. The van der Waals surface area contributed by atoms with Crippen LogP contribution in [0.15, 0.2) is 11.1 Å². The number of esters is 2. The van der Waals surface area contributed by atoms with Crippen molar-refractivity contribution in [2.24, 2.45) is 11.8 Å². The fourth-order valence-electron chi connectivity index (χ4n) is 2.84. The fourth-order valence-corrected chi connectivity index (χ4v) is 4.00. The molecule has 2 atom stereocenters. The minimum absolute atomic E-state index is 0.0581. The molecule has 0 amide bonds. The smallest absolute Gasteiger partial charge is 0.319 e. The van der Waals surface area contributed by atoms with Gasteiger partial charge in [0.1, 0.15) is 37.4 Å². The normalized spacial score (nSPS) is 16.1. The van der Waals surface area contributed by atoms with Crippen molar-refractivity contribution in [2.45, 2.75) is 51.8 Å². The van der Waals surface area contributed by atoms with Gasteiger partial charge in [-0.05, 0) is 11.8 Å². The summed E-state index contributed by atoms with van der Waals surface area (Å²) in [6.07, 6.45) is 0.436. The van der Waals surface area contributed by atoms with Crippen LogP contribution < -0.4 is 11.1 Å². The molecule has 0 saturated heterocycles. The molecular weight excluding hydrogens is 515 g/mol. The zero-order valence-electron chi connectivity index (χ0n) is 22.6. The second-order valence-electron chi connectivity index (χ2n) is 8.16. The second-order valence-corrected chi connectivity index (χ2v) is 10.4. The van der Waals surface area contributed by atoms with E-state index in [1.807, 2.05) is 27.7 Å². The largest absolute Gasteiger partial charge is 0.462 e. The van der Waals surface area contributed by atoms with Crippen LogP contribution in [0, 0.1) is 27.3 Å². The van der Waals surface area contributed by atoms with Crippen molar-refractivity contribution < 1.29 is 28.0 Å². The summed E-state index contributed by atoms with van der Waals surface area (Å²) in [5.41, 5.74) is -1.39. The lowest BCUT2D eigenvalue weighted by molar-refractivity contribution is -0.157. The van der Waals surface area contributed by atoms with Crippen LogP contribution in [0.1, 0.15) is 27.7 Å². The Morgan fingerprint density at radius 2 is 1.77 bits per heavy atom. The molecule has 2 rings (SSSR count). The molecule has 13 nitrogen and oxygen atoms in total. The third-order valence-corrected chi connectivity index (χ3v) is 7.34. The Kier molecular flexibility index (Phi) is 9.42. The van der Waals surface area contributed by atoms with Crippen molar-refractivity contribution in [3.63, 3.8) is 0 Å². The molecule has 16 heteroatoms. The van der Waals surface area contributed by atoms with Gasteiger partial charge in [-0.25, -0.2) is 9.97 Å². The highest BCUT2D eigenvalue weighted by Gasteiger charge is 2.26. The molecule has 0 saturated carbocycles. The monoisotopic (exact) mass is 545 g/mol. The first kappa shape index (κ1) is 24.3. The van der Waals surface area contributed by atoms with Crippen molar-refractivity contribution in [1.29, 1.82) is 15.5 Å². The van der Waals surface area contributed by atoms with Crippen LogP contribution in [0.5, 0.6) is 0 Å². The topological polar surface area (TPSA) is 197 Å². The molecule has 190 valence electrons. The lowest BCUT2D eigenvalue weighted by Crippen LogP contribution is -2.34. The van der Waals surface area contributed by atoms with Crippen LogP contribution in [0.4, 0.5) is 0 Å².